The Morgan fingerprint density at radius 1 is 1.40 bits per heavy atom. The summed E-state index contributed by atoms with van der Waals surface area (Å²) >= 11 is 9.41. The number of benzene rings is 1. The maximum atomic E-state index is 10.4. The van der Waals surface area contributed by atoms with E-state index in [0.717, 1.165) is 22.3 Å². The van der Waals surface area contributed by atoms with Gasteiger partial charge in [0.1, 0.15) is 0 Å². The van der Waals surface area contributed by atoms with Crippen LogP contribution in [0.15, 0.2) is 28.9 Å². The Kier molecular flexibility index (Phi) is 5.14. The first-order valence-corrected chi connectivity index (χ1v) is 7.32. The summed E-state index contributed by atoms with van der Waals surface area (Å²) in [4.78, 5) is 10.4. The SMILES string of the molecule is O=C(O)CCCCc1cn(-c2cc(Cl)ccc2Br)nn1. The number of unbranched alkanes of at least 4 members (excludes halogenated alkanes) is 1. The van der Waals surface area contributed by atoms with Gasteiger partial charge < -0.3 is 5.11 Å². The predicted molar refractivity (Wildman–Crippen MR) is 79.3 cm³/mol. The van der Waals surface area contributed by atoms with Crippen LogP contribution in [0.4, 0.5) is 0 Å². The van der Waals surface area contributed by atoms with Crippen molar-refractivity contribution in [2.45, 2.75) is 25.7 Å². The number of carbonyl (C=O) groups is 1. The Balaban J connectivity index is 2.01. The second-order valence-corrected chi connectivity index (χ2v) is 5.64. The minimum absolute atomic E-state index is 0.188. The highest BCUT2D eigenvalue weighted by Gasteiger charge is 2.07. The number of aryl methyl sites for hydroxylation is 1. The second-order valence-electron chi connectivity index (χ2n) is 4.35. The molecule has 0 radical (unpaired) electrons. The van der Waals surface area contributed by atoms with Gasteiger partial charge in [-0.25, -0.2) is 4.68 Å². The van der Waals surface area contributed by atoms with Gasteiger partial charge in [0, 0.05) is 15.9 Å². The van der Waals surface area contributed by atoms with E-state index in [1.165, 1.54) is 0 Å². The monoisotopic (exact) mass is 357 g/mol. The molecule has 1 heterocycles. The molecule has 7 heteroatoms. The molecular weight excluding hydrogens is 346 g/mol. The van der Waals surface area contributed by atoms with E-state index in [2.05, 4.69) is 26.2 Å². The van der Waals surface area contributed by atoms with Crippen molar-refractivity contribution < 1.29 is 9.90 Å². The van der Waals surface area contributed by atoms with Crippen molar-refractivity contribution >= 4 is 33.5 Å². The van der Waals surface area contributed by atoms with Gasteiger partial charge in [-0.1, -0.05) is 16.8 Å². The molecule has 1 aromatic carbocycles. The number of halogens is 2. The summed E-state index contributed by atoms with van der Waals surface area (Å²) in [5, 5.41) is 17.3. The molecule has 0 bridgehead atoms. The summed E-state index contributed by atoms with van der Waals surface area (Å²) in [5.41, 5.74) is 1.66. The molecule has 1 N–H and O–H groups in total. The fourth-order valence-corrected chi connectivity index (χ4v) is 2.37. The van der Waals surface area contributed by atoms with E-state index in [4.69, 9.17) is 16.7 Å². The number of carboxylic acid groups (broad SMARTS) is 1. The van der Waals surface area contributed by atoms with E-state index in [-0.39, 0.29) is 6.42 Å². The van der Waals surface area contributed by atoms with Gasteiger partial charge in [-0.3, -0.25) is 4.79 Å². The minimum atomic E-state index is -0.767. The average molecular weight is 359 g/mol. The summed E-state index contributed by atoms with van der Waals surface area (Å²) in [7, 11) is 0. The smallest absolute Gasteiger partial charge is 0.303 e. The van der Waals surface area contributed by atoms with Crippen LogP contribution in [0.25, 0.3) is 5.69 Å². The van der Waals surface area contributed by atoms with Crippen LogP contribution in [0.2, 0.25) is 5.02 Å². The van der Waals surface area contributed by atoms with E-state index in [1.54, 1.807) is 16.8 Å². The van der Waals surface area contributed by atoms with Crippen molar-refractivity contribution in [2.24, 2.45) is 0 Å². The van der Waals surface area contributed by atoms with Gasteiger partial charge in [0.05, 0.1) is 17.6 Å². The lowest BCUT2D eigenvalue weighted by atomic mass is 10.1. The Bertz CT molecular complexity index is 615. The number of nitrogens with zero attached hydrogens (tertiary/aromatic N) is 3. The van der Waals surface area contributed by atoms with Gasteiger partial charge in [0.2, 0.25) is 0 Å². The molecule has 106 valence electrons. The van der Waals surface area contributed by atoms with Crippen LogP contribution >= 0.6 is 27.5 Å². The molecule has 2 aromatic rings. The maximum absolute atomic E-state index is 10.4. The number of rotatable bonds is 6. The van der Waals surface area contributed by atoms with E-state index in [0.29, 0.717) is 17.9 Å². The van der Waals surface area contributed by atoms with Crippen LogP contribution < -0.4 is 0 Å². The van der Waals surface area contributed by atoms with Crippen LogP contribution in [0.3, 0.4) is 0 Å². The summed E-state index contributed by atoms with van der Waals surface area (Å²) in [6, 6.07) is 5.44. The molecule has 1 aromatic heterocycles. The number of hydrogen-bond acceptors (Lipinski definition) is 3. The van der Waals surface area contributed by atoms with Crippen LogP contribution in [0.1, 0.15) is 25.0 Å². The van der Waals surface area contributed by atoms with Crippen LogP contribution in [0.5, 0.6) is 0 Å². The first-order valence-electron chi connectivity index (χ1n) is 6.14. The third-order valence-electron chi connectivity index (χ3n) is 2.77. The molecule has 0 saturated heterocycles. The highest BCUT2D eigenvalue weighted by Crippen LogP contribution is 2.24. The number of carboxylic acids is 1. The highest BCUT2D eigenvalue weighted by molar-refractivity contribution is 9.10. The fourth-order valence-electron chi connectivity index (χ4n) is 1.77. The van der Waals surface area contributed by atoms with E-state index in [1.807, 2.05) is 12.3 Å². The van der Waals surface area contributed by atoms with Crippen molar-refractivity contribution in [1.29, 1.82) is 0 Å². The zero-order valence-corrected chi connectivity index (χ0v) is 12.9. The summed E-state index contributed by atoms with van der Waals surface area (Å²) < 4.78 is 2.53. The topological polar surface area (TPSA) is 68.0 Å². The molecule has 0 fully saturated rings. The molecule has 0 unspecified atom stereocenters. The predicted octanol–water partition coefficient (Wildman–Crippen LogP) is 3.48. The molecule has 0 saturated carbocycles. The summed E-state index contributed by atoms with van der Waals surface area (Å²) in [6.07, 6.45) is 4.15. The lowest BCUT2D eigenvalue weighted by Crippen LogP contribution is -1.96. The first kappa shape index (κ1) is 15.0. The number of aliphatic carboxylic acids is 1. The number of aromatic nitrogens is 3. The van der Waals surface area contributed by atoms with Gasteiger partial charge in [0.15, 0.2) is 0 Å². The Morgan fingerprint density at radius 3 is 2.95 bits per heavy atom. The zero-order chi connectivity index (χ0) is 14.5. The average Bonchev–Trinajstić information content (AvgIpc) is 2.86. The number of hydrogen-bond donors (Lipinski definition) is 1. The molecular formula is C13H13BrClN3O2. The molecule has 2 rings (SSSR count). The molecule has 0 aliphatic rings. The Hall–Kier alpha value is -1.40. The molecule has 5 nitrogen and oxygen atoms in total. The maximum Gasteiger partial charge on any atom is 0.303 e. The minimum Gasteiger partial charge on any atom is -0.481 e. The lowest BCUT2D eigenvalue weighted by Gasteiger charge is -2.03. The second kappa shape index (κ2) is 6.85. The van der Waals surface area contributed by atoms with Gasteiger partial charge in [-0.15, -0.1) is 5.10 Å². The van der Waals surface area contributed by atoms with Gasteiger partial charge in [0.25, 0.3) is 0 Å². The van der Waals surface area contributed by atoms with Crippen LogP contribution in [0, 0.1) is 0 Å². The van der Waals surface area contributed by atoms with Gasteiger partial charge >= 0.3 is 5.97 Å². The standard InChI is InChI=1S/C13H13BrClN3O2/c14-11-6-5-9(15)7-12(11)18-8-10(16-17-18)3-1-2-4-13(19)20/h5-8H,1-4H2,(H,19,20). The van der Waals surface area contributed by atoms with Crippen molar-refractivity contribution in [3.8, 4) is 5.69 Å². The third kappa shape index (κ3) is 4.05. The first-order chi connectivity index (χ1) is 9.56. The fraction of sp³-hybridized carbons (Fsp3) is 0.308. The largest absolute Gasteiger partial charge is 0.481 e. The highest BCUT2D eigenvalue weighted by atomic mass is 79.9. The molecule has 0 aliphatic carbocycles. The normalized spacial score (nSPS) is 10.7. The summed E-state index contributed by atoms with van der Waals surface area (Å²) in [6.45, 7) is 0. The molecule has 0 atom stereocenters. The third-order valence-corrected chi connectivity index (χ3v) is 3.68. The van der Waals surface area contributed by atoms with Crippen LogP contribution in [-0.4, -0.2) is 26.1 Å². The molecule has 0 spiro atoms. The zero-order valence-electron chi connectivity index (χ0n) is 10.6. The van der Waals surface area contributed by atoms with Crippen molar-refractivity contribution in [3.63, 3.8) is 0 Å². The quantitative estimate of drug-likeness (QED) is 0.803. The Morgan fingerprint density at radius 2 is 2.20 bits per heavy atom. The lowest BCUT2D eigenvalue weighted by molar-refractivity contribution is -0.137. The van der Waals surface area contributed by atoms with Crippen molar-refractivity contribution in [3.05, 3.63) is 39.6 Å². The van der Waals surface area contributed by atoms with Gasteiger partial charge in [-0.2, -0.15) is 0 Å². The Labute approximate surface area is 129 Å². The van der Waals surface area contributed by atoms with Crippen LogP contribution in [-0.2, 0) is 11.2 Å². The van der Waals surface area contributed by atoms with Gasteiger partial charge in [-0.05, 0) is 53.4 Å². The molecule has 0 aliphatic heterocycles. The van der Waals surface area contributed by atoms with E-state index in [9.17, 15) is 4.79 Å². The van der Waals surface area contributed by atoms with Crippen molar-refractivity contribution in [2.75, 3.05) is 0 Å². The summed E-state index contributed by atoms with van der Waals surface area (Å²) in [5.74, 6) is -0.767. The molecule has 0 amide bonds. The van der Waals surface area contributed by atoms with E-state index >= 15 is 0 Å². The molecule has 20 heavy (non-hydrogen) atoms. The van der Waals surface area contributed by atoms with Crippen molar-refractivity contribution in [1.82, 2.24) is 15.0 Å². The van der Waals surface area contributed by atoms with E-state index < -0.39 is 5.97 Å².